The van der Waals surface area contributed by atoms with Crippen molar-refractivity contribution in [3.63, 3.8) is 0 Å². The normalized spacial score (nSPS) is 0. The summed E-state index contributed by atoms with van der Waals surface area (Å²) in [5.41, 5.74) is 0. The molecule has 11 heteroatoms. The van der Waals surface area contributed by atoms with Crippen LogP contribution in [0.1, 0.15) is 0 Å². The van der Waals surface area contributed by atoms with Gasteiger partial charge in [-0.25, -0.2) is 0 Å². The summed E-state index contributed by atoms with van der Waals surface area (Å²) >= 11 is 0. The van der Waals surface area contributed by atoms with E-state index in [0.717, 1.165) is 0 Å². The first-order valence-corrected chi connectivity index (χ1v) is 0. The van der Waals surface area contributed by atoms with E-state index in [1.54, 1.807) is 0 Å². The van der Waals surface area contributed by atoms with E-state index >= 15 is 0 Å². The van der Waals surface area contributed by atoms with Gasteiger partial charge in [-0.2, -0.15) is 0 Å². The van der Waals surface area contributed by atoms with E-state index in [1.807, 2.05) is 0 Å². The van der Waals surface area contributed by atoms with Crippen molar-refractivity contribution in [2.45, 2.75) is 0 Å². The van der Waals surface area contributed by atoms with Gasteiger partial charge in [0, 0.05) is 0 Å². The minimum absolute atomic E-state index is 0. The van der Waals surface area contributed by atoms with Crippen LogP contribution in [0, 0.1) is 0 Å². The van der Waals surface area contributed by atoms with Crippen molar-refractivity contribution >= 4 is 75.5 Å². The van der Waals surface area contributed by atoms with Crippen molar-refractivity contribution in [1.29, 1.82) is 0 Å². The van der Waals surface area contributed by atoms with Crippen LogP contribution < -0.4 is 0 Å². The Labute approximate surface area is 155 Å². The summed E-state index contributed by atoms with van der Waals surface area (Å²) in [7, 11) is 0. The zero-order valence-corrected chi connectivity index (χ0v) is 14.0. The van der Waals surface area contributed by atoms with Gasteiger partial charge in [0.15, 0.2) is 0 Å². The molecule has 56 valence electrons. The fraction of sp³-hybridized carbons (Fsp3) is 0. The molecular formula is Ca2Nb2O7. The monoisotopic (exact) mass is 378 g/mol. The van der Waals surface area contributed by atoms with Crippen molar-refractivity contribution < 1.29 is 83.1 Å². The Morgan fingerprint density at radius 3 is 0.273 bits per heavy atom. The summed E-state index contributed by atoms with van der Waals surface area (Å²) in [4.78, 5) is 0. The van der Waals surface area contributed by atoms with Crippen LogP contribution in [-0.4, -0.2) is 75.5 Å². The Morgan fingerprint density at radius 2 is 0.273 bits per heavy atom. The molecule has 0 saturated heterocycles. The number of hydrogen-bond acceptors (Lipinski definition) is 0. The first-order chi connectivity index (χ1) is 0. The molecule has 0 rings (SSSR count). The van der Waals surface area contributed by atoms with Gasteiger partial charge >= 0.3 is 120 Å². The molecule has 0 radical (unpaired) electrons. The average molecular weight is 378 g/mol. The van der Waals surface area contributed by atoms with Gasteiger partial charge in [-0.3, -0.25) is 0 Å². The topological polar surface area (TPSA) is 200 Å². The molecule has 0 N–H and O–H groups in total. The van der Waals surface area contributed by atoms with Crippen LogP contribution in [0.3, 0.4) is 0 Å². The van der Waals surface area contributed by atoms with Crippen LogP contribution in [0.5, 0.6) is 0 Å². The third kappa shape index (κ3) is 136. The Bertz CT molecular complexity index is 14.4. The van der Waals surface area contributed by atoms with Gasteiger partial charge < -0.3 is 38.3 Å². The van der Waals surface area contributed by atoms with Gasteiger partial charge in [0.25, 0.3) is 0 Å². The second kappa shape index (κ2) is 160. The molecule has 11 heavy (non-hydrogen) atoms. The maximum atomic E-state index is 0. The molecule has 0 aliphatic carbocycles. The van der Waals surface area contributed by atoms with E-state index in [1.165, 1.54) is 0 Å². The van der Waals surface area contributed by atoms with E-state index < -0.39 is 0 Å². The van der Waals surface area contributed by atoms with E-state index in [-0.39, 0.29) is 159 Å². The minimum atomic E-state index is 0. The third-order valence-electron chi connectivity index (χ3n) is 0. The van der Waals surface area contributed by atoms with Gasteiger partial charge in [-0.05, 0) is 0 Å². The van der Waals surface area contributed by atoms with E-state index in [4.69, 9.17) is 0 Å². The van der Waals surface area contributed by atoms with Gasteiger partial charge in [0.2, 0.25) is 0 Å². The quantitative estimate of drug-likeness (QED) is 0.438. The molecule has 0 amide bonds. The molecule has 0 heterocycles. The van der Waals surface area contributed by atoms with Crippen LogP contribution in [0.15, 0.2) is 0 Å². The molecule has 0 aromatic heterocycles. The zero-order chi connectivity index (χ0) is 0. The van der Waals surface area contributed by atoms with Gasteiger partial charge in [-0.15, -0.1) is 0 Å². The van der Waals surface area contributed by atoms with Crippen LogP contribution in [0.2, 0.25) is 0 Å². The molecule has 0 aromatic rings. The summed E-state index contributed by atoms with van der Waals surface area (Å²) in [6.07, 6.45) is 0. The molecule has 7 nitrogen and oxygen atoms in total. The summed E-state index contributed by atoms with van der Waals surface area (Å²) in [5.74, 6) is 0. The summed E-state index contributed by atoms with van der Waals surface area (Å²) in [6, 6.07) is 0. The largest absolute Gasteiger partial charge is 5.00 e. The average Bonchev–Trinajstić information content (AvgIpc) is 0. The number of rotatable bonds is 0. The molecule has 0 spiro atoms. The van der Waals surface area contributed by atoms with Crippen molar-refractivity contribution in [3.05, 3.63) is 0 Å². The predicted molar refractivity (Wildman–Crippen MR) is 16.3 cm³/mol. The maximum absolute atomic E-state index is 0. The maximum Gasteiger partial charge on any atom is 5.00 e. The SMILES string of the molecule is [Ca+2].[Ca+2].[Nb+5].[Nb+5].[O-2].[O-2].[O-2].[O-2].[O-2].[O-2].[O-2]. The molecule has 0 unspecified atom stereocenters. The summed E-state index contributed by atoms with van der Waals surface area (Å²) < 4.78 is 0. The van der Waals surface area contributed by atoms with Crippen LogP contribution in [0.25, 0.3) is 0 Å². The van der Waals surface area contributed by atoms with Crippen LogP contribution in [0.4, 0.5) is 0 Å². The molecule has 0 fully saturated rings. The second-order valence-corrected chi connectivity index (χ2v) is 0. The Hall–Kier alpha value is 3.72. The standard InChI is InChI=1S/2Ca.2Nb.7O/q2*+2;2*+5;7*-2. The first-order valence-electron chi connectivity index (χ1n) is 0. The van der Waals surface area contributed by atoms with Crippen molar-refractivity contribution in [2.75, 3.05) is 0 Å². The van der Waals surface area contributed by atoms with E-state index in [2.05, 4.69) is 0 Å². The molecule has 0 aromatic carbocycles. The fourth-order valence-corrected chi connectivity index (χ4v) is 0. The van der Waals surface area contributed by atoms with Gasteiger partial charge in [0.1, 0.15) is 0 Å². The fourth-order valence-electron chi connectivity index (χ4n) is 0. The molecule has 0 saturated carbocycles. The molecule has 0 atom stereocenters. The first kappa shape index (κ1) is 200. The Morgan fingerprint density at radius 1 is 0.273 bits per heavy atom. The molecular weight excluding hydrogens is 378 g/mol. The Kier molecular flexibility index (Phi) is 2920. The van der Waals surface area contributed by atoms with Gasteiger partial charge in [0.05, 0.1) is 0 Å². The molecule has 0 aliphatic heterocycles. The van der Waals surface area contributed by atoms with Gasteiger partial charge in [-0.1, -0.05) is 0 Å². The second-order valence-electron chi connectivity index (χ2n) is 0. The predicted octanol–water partition coefficient (Wildman–Crippen LogP) is -1.60. The molecule has 0 bridgehead atoms. The smallest absolute Gasteiger partial charge is 2.00 e. The zero-order valence-electron chi connectivity index (χ0n) is 5.17. The molecule has 0 aliphatic rings. The minimum Gasteiger partial charge on any atom is -2.00 e. The van der Waals surface area contributed by atoms with Crippen molar-refractivity contribution in [3.8, 4) is 0 Å². The summed E-state index contributed by atoms with van der Waals surface area (Å²) in [6.45, 7) is 0. The summed E-state index contributed by atoms with van der Waals surface area (Å²) in [5, 5.41) is 0. The Balaban J connectivity index is 0. The van der Waals surface area contributed by atoms with E-state index in [9.17, 15) is 0 Å². The van der Waals surface area contributed by atoms with Crippen molar-refractivity contribution in [2.24, 2.45) is 0 Å². The van der Waals surface area contributed by atoms with Crippen LogP contribution in [-0.2, 0) is 83.1 Å². The van der Waals surface area contributed by atoms with E-state index in [0.29, 0.717) is 0 Å². The van der Waals surface area contributed by atoms with Crippen molar-refractivity contribution in [1.82, 2.24) is 0 Å². The number of hydrogen-bond donors (Lipinski definition) is 0. The third-order valence-corrected chi connectivity index (χ3v) is 0. The van der Waals surface area contributed by atoms with Crippen LogP contribution >= 0.6 is 0 Å².